The minimum atomic E-state index is -0.0471. The topological polar surface area (TPSA) is 44.8 Å². The lowest BCUT2D eigenvalue weighted by Crippen LogP contribution is -2.36. The van der Waals surface area contributed by atoms with E-state index >= 15 is 0 Å². The normalized spacial score (nSPS) is 15.0. The van der Waals surface area contributed by atoms with Gasteiger partial charge >= 0.3 is 6.03 Å². The molecule has 1 heterocycles. The Bertz CT molecular complexity index is 423. The van der Waals surface area contributed by atoms with Crippen molar-refractivity contribution >= 4 is 17.4 Å². The maximum atomic E-state index is 11.9. The van der Waals surface area contributed by atoms with Crippen molar-refractivity contribution in [1.82, 2.24) is 4.90 Å². The molecule has 0 aliphatic carbocycles. The van der Waals surface area contributed by atoms with E-state index in [4.69, 9.17) is 4.74 Å². The van der Waals surface area contributed by atoms with E-state index in [1.807, 2.05) is 38.1 Å². The molecule has 1 N–H and O–H groups in total. The fourth-order valence-electron chi connectivity index (χ4n) is 2.29. The monoisotopic (exact) mass is 277 g/mol. The highest BCUT2D eigenvalue weighted by Crippen LogP contribution is 2.19. The van der Waals surface area contributed by atoms with Crippen molar-refractivity contribution in [2.75, 3.05) is 49.6 Å². The van der Waals surface area contributed by atoms with Crippen molar-refractivity contribution in [2.24, 2.45) is 0 Å². The molecule has 110 valence electrons. The summed E-state index contributed by atoms with van der Waals surface area (Å²) in [6.45, 7) is 8.79. The molecule has 0 aromatic heterocycles. The minimum absolute atomic E-state index is 0.0471. The van der Waals surface area contributed by atoms with E-state index < -0.39 is 0 Å². The molecule has 1 saturated heterocycles. The van der Waals surface area contributed by atoms with Gasteiger partial charge in [-0.25, -0.2) is 4.79 Å². The largest absolute Gasteiger partial charge is 0.378 e. The Hall–Kier alpha value is -1.75. The van der Waals surface area contributed by atoms with Crippen molar-refractivity contribution < 1.29 is 9.53 Å². The van der Waals surface area contributed by atoms with Crippen LogP contribution in [0.15, 0.2) is 24.3 Å². The molecular formula is C15H23N3O2. The van der Waals surface area contributed by atoms with Crippen molar-refractivity contribution in [3.63, 3.8) is 0 Å². The molecule has 5 heteroatoms. The minimum Gasteiger partial charge on any atom is -0.378 e. The number of nitrogens with one attached hydrogen (secondary N) is 1. The number of hydrogen-bond acceptors (Lipinski definition) is 3. The first-order chi connectivity index (χ1) is 9.74. The van der Waals surface area contributed by atoms with Gasteiger partial charge in [-0.15, -0.1) is 0 Å². The van der Waals surface area contributed by atoms with E-state index in [0.29, 0.717) is 13.1 Å². The van der Waals surface area contributed by atoms with Crippen LogP contribution in [-0.2, 0) is 4.74 Å². The van der Waals surface area contributed by atoms with Crippen LogP contribution in [0.2, 0.25) is 0 Å². The molecule has 0 radical (unpaired) electrons. The van der Waals surface area contributed by atoms with Gasteiger partial charge in [-0.2, -0.15) is 0 Å². The molecule has 0 spiro atoms. The van der Waals surface area contributed by atoms with Crippen LogP contribution in [0.4, 0.5) is 16.2 Å². The summed E-state index contributed by atoms with van der Waals surface area (Å²) in [5, 5.41) is 2.92. The number of rotatable bonds is 4. The average molecular weight is 277 g/mol. The number of ether oxygens (including phenoxy) is 1. The zero-order chi connectivity index (χ0) is 14.4. The molecule has 0 atom stereocenters. The van der Waals surface area contributed by atoms with Gasteiger partial charge < -0.3 is 19.9 Å². The molecule has 0 saturated carbocycles. The first-order valence-electron chi connectivity index (χ1n) is 7.23. The first kappa shape index (κ1) is 14.7. The second-order valence-electron chi connectivity index (χ2n) is 4.75. The Morgan fingerprint density at radius 1 is 1.20 bits per heavy atom. The zero-order valence-corrected chi connectivity index (χ0v) is 12.3. The molecule has 2 amide bonds. The third-order valence-electron chi connectivity index (χ3n) is 3.55. The van der Waals surface area contributed by atoms with Gasteiger partial charge in [0.2, 0.25) is 0 Å². The Morgan fingerprint density at radius 3 is 2.35 bits per heavy atom. The smallest absolute Gasteiger partial charge is 0.321 e. The third-order valence-corrected chi connectivity index (χ3v) is 3.55. The number of carbonyl (C=O) groups excluding carboxylic acids is 1. The Morgan fingerprint density at radius 2 is 1.80 bits per heavy atom. The summed E-state index contributed by atoms with van der Waals surface area (Å²) in [4.78, 5) is 16.0. The Balaban J connectivity index is 1.95. The first-order valence-corrected chi connectivity index (χ1v) is 7.23. The Kier molecular flexibility index (Phi) is 5.24. The van der Waals surface area contributed by atoms with Gasteiger partial charge in [0, 0.05) is 37.6 Å². The molecule has 1 aliphatic heterocycles. The molecule has 20 heavy (non-hydrogen) atoms. The number of morpholine rings is 1. The maximum absolute atomic E-state index is 11.9. The summed E-state index contributed by atoms with van der Waals surface area (Å²) < 4.78 is 5.34. The quantitative estimate of drug-likeness (QED) is 0.919. The van der Waals surface area contributed by atoms with E-state index in [2.05, 4.69) is 10.2 Å². The lowest BCUT2D eigenvalue weighted by molar-refractivity contribution is 0.122. The summed E-state index contributed by atoms with van der Waals surface area (Å²) in [5.74, 6) is 0. The van der Waals surface area contributed by atoms with Crippen molar-refractivity contribution in [3.05, 3.63) is 24.3 Å². The summed E-state index contributed by atoms with van der Waals surface area (Å²) >= 11 is 0. The van der Waals surface area contributed by atoms with Crippen molar-refractivity contribution in [1.29, 1.82) is 0 Å². The fraction of sp³-hybridized carbons (Fsp3) is 0.533. The number of urea groups is 1. The van der Waals surface area contributed by atoms with Gasteiger partial charge in [-0.1, -0.05) is 0 Å². The molecule has 1 aromatic carbocycles. The van der Waals surface area contributed by atoms with E-state index in [-0.39, 0.29) is 6.03 Å². The van der Waals surface area contributed by atoms with Gasteiger partial charge in [0.15, 0.2) is 0 Å². The summed E-state index contributed by atoms with van der Waals surface area (Å²) in [5.41, 5.74) is 2.01. The van der Waals surface area contributed by atoms with Gasteiger partial charge in [0.05, 0.1) is 13.2 Å². The highest BCUT2D eigenvalue weighted by atomic mass is 16.5. The van der Waals surface area contributed by atoms with Crippen LogP contribution < -0.4 is 10.2 Å². The van der Waals surface area contributed by atoms with Crippen LogP contribution in [0.25, 0.3) is 0 Å². The molecule has 1 aromatic rings. The van der Waals surface area contributed by atoms with Gasteiger partial charge in [-0.3, -0.25) is 0 Å². The number of nitrogens with zero attached hydrogens (tertiary/aromatic N) is 2. The summed E-state index contributed by atoms with van der Waals surface area (Å²) in [7, 11) is 0. The highest BCUT2D eigenvalue weighted by Gasteiger charge is 2.12. The van der Waals surface area contributed by atoms with E-state index in [0.717, 1.165) is 32.0 Å². The van der Waals surface area contributed by atoms with Crippen LogP contribution in [0, 0.1) is 0 Å². The predicted octanol–water partition coefficient (Wildman–Crippen LogP) is 2.40. The van der Waals surface area contributed by atoms with E-state index in [1.54, 1.807) is 4.90 Å². The lowest BCUT2D eigenvalue weighted by Gasteiger charge is -2.29. The van der Waals surface area contributed by atoms with Crippen LogP contribution in [-0.4, -0.2) is 50.3 Å². The van der Waals surface area contributed by atoms with Crippen LogP contribution in [0.3, 0.4) is 0 Å². The molecule has 0 unspecified atom stereocenters. The number of benzene rings is 1. The second-order valence-corrected chi connectivity index (χ2v) is 4.75. The molecule has 5 nitrogen and oxygen atoms in total. The van der Waals surface area contributed by atoms with Gasteiger partial charge in [0.1, 0.15) is 0 Å². The van der Waals surface area contributed by atoms with Crippen LogP contribution in [0.5, 0.6) is 0 Å². The maximum Gasteiger partial charge on any atom is 0.321 e. The van der Waals surface area contributed by atoms with Crippen molar-refractivity contribution in [2.45, 2.75) is 13.8 Å². The van der Waals surface area contributed by atoms with E-state index in [1.165, 1.54) is 5.69 Å². The van der Waals surface area contributed by atoms with Crippen molar-refractivity contribution in [3.8, 4) is 0 Å². The molecular weight excluding hydrogens is 254 g/mol. The summed E-state index contributed by atoms with van der Waals surface area (Å²) in [6.07, 6.45) is 0. The van der Waals surface area contributed by atoms with Crippen LogP contribution in [0.1, 0.15) is 13.8 Å². The fourth-order valence-corrected chi connectivity index (χ4v) is 2.29. The zero-order valence-electron chi connectivity index (χ0n) is 12.3. The van der Waals surface area contributed by atoms with Gasteiger partial charge in [0.25, 0.3) is 0 Å². The van der Waals surface area contributed by atoms with E-state index in [9.17, 15) is 4.79 Å². The Labute approximate surface area is 120 Å². The second kappa shape index (κ2) is 7.14. The number of anilines is 2. The number of amides is 2. The average Bonchev–Trinajstić information content (AvgIpc) is 2.50. The number of hydrogen-bond donors (Lipinski definition) is 1. The summed E-state index contributed by atoms with van der Waals surface area (Å²) in [6, 6.07) is 7.94. The molecule has 1 aliphatic rings. The SMILES string of the molecule is CCN(CC)C(=O)Nc1ccc(N2CCOCC2)cc1. The lowest BCUT2D eigenvalue weighted by atomic mass is 10.2. The number of carbonyl (C=O) groups is 1. The predicted molar refractivity (Wildman–Crippen MR) is 81.4 cm³/mol. The standard InChI is InChI=1S/C15H23N3O2/c1-3-17(4-2)15(19)16-13-5-7-14(8-6-13)18-9-11-20-12-10-18/h5-8H,3-4,9-12H2,1-2H3,(H,16,19). The molecule has 0 bridgehead atoms. The molecule has 2 rings (SSSR count). The molecule has 1 fully saturated rings. The van der Waals surface area contributed by atoms with Gasteiger partial charge in [-0.05, 0) is 38.1 Å². The van der Waals surface area contributed by atoms with Crippen LogP contribution >= 0.6 is 0 Å². The highest BCUT2D eigenvalue weighted by molar-refractivity contribution is 5.89. The third kappa shape index (κ3) is 3.63.